The summed E-state index contributed by atoms with van der Waals surface area (Å²) < 4.78 is 0. The number of nitrogens with one attached hydrogen (secondary N) is 1. The Morgan fingerprint density at radius 3 is 2.65 bits per heavy atom. The van der Waals surface area contributed by atoms with E-state index in [1.54, 1.807) is 24.3 Å². The molecule has 0 radical (unpaired) electrons. The van der Waals surface area contributed by atoms with Crippen LogP contribution in [0.1, 0.15) is 35.0 Å². The standard InChI is InChI=1S/C16H16N2O4S/c1-2-11-5-6-12(10-13(11)18(21)22)17-16(20)8-7-14(19)15-4-3-9-23-15/h3-6,9-10H,2,7-8H2,1H3,(H,17,20). The second-order valence-electron chi connectivity index (χ2n) is 4.90. The zero-order valence-corrected chi connectivity index (χ0v) is 13.4. The summed E-state index contributed by atoms with van der Waals surface area (Å²) in [5, 5.41) is 15.4. The van der Waals surface area contributed by atoms with E-state index in [0.29, 0.717) is 22.5 Å². The molecule has 0 aliphatic rings. The van der Waals surface area contributed by atoms with E-state index in [4.69, 9.17) is 0 Å². The molecule has 6 nitrogen and oxygen atoms in total. The number of carbonyl (C=O) groups is 2. The van der Waals surface area contributed by atoms with Crippen LogP contribution < -0.4 is 5.32 Å². The highest BCUT2D eigenvalue weighted by atomic mass is 32.1. The summed E-state index contributed by atoms with van der Waals surface area (Å²) >= 11 is 1.34. The van der Waals surface area contributed by atoms with Gasteiger partial charge in [0.25, 0.3) is 5.69 Å². The van der Waals surface area contributed by atoms with Gasteiger partial charge in [-0.3, -0.25) is 19.7 Å². The molecule has 1 heterocycles. The van der Waals surface area contributed by atoms with Crippen LogP contribution >= 0.6 is 11.3 Å². The SMILES string of the molecule is CCc1ccc(NC(=O)CCC(=O)c2cccs2)cc1[N+](=O)[O-]. The van der Waals surface area contributed by atoms with Crippen LogP contribution in [-0.4, -0.2) is 16.6 Å². The predicted octanol–water partition coefficient (Wildman–Crippen LogP) is 3.82. The highest BCUT2D eigenvalue weighted by molar-refractivity contribution is 7.12. The van der Waals surface area contributed by atoms with E-state index >= 15 is 0 Å². The number of nitrogens with zero attached hydrogens (tertiary/aromatic N) is 1. The molecule has 0 aliphatic carbocycles. The van der Waals surface area contributed by atoms with E-state index in [1.807, 2.05) is 12.3 Å². The van der Waals surface area contributed by atoms with Gasteiger partial charge in [-0.1, -0.05) is 19.1 Å². The summed E-state index contributed by atoms with van der Waals surface area (Å²) in [5.41, 5.74) is 0.961. The number of nitro benzene ring substituents is 1. The van der Waals surface area contributed by atoms with Crippen molar-refractivity contribution in [2.45, 2.75) is 26.2 Å². The first kappa shape index (κ1) is 16.8. The Labute approximate surface area is 137 Å². The lowest BCUT2D eigenvalue weighted by molar-refractivity contribution is -0.385. The van der Waals surface area contributed by atoms with E-state index < -0.39 is 4.92 Å². The fourth-order valence-electron chi connectivity index (χ4n) is 2.12. The molecule has 0 bridgehead atoms. The first-order valence-corrected chi connectivity index (χ1v) is 8.03. The monoisotopic (exact) mass is 332 g/mol. The molecular weight excluding hydrogens is 316 g/mol. The molecule has 7 heteroatoms. The first-order valence-electron chi connectivity index (χ1n) is 7.15. The minimum absolute atomic E-state index is 0.0139. The highest BCUT2D eigenvalue weighted by Gasteiger charge is 2.15. The van der Waals surface area contributed by atoms with Crippen molar-refractivity contribution in [1.29, 1.82) is 0 Å². The van der Waals surface area contributed by atoms with Crippen LogP contribution in [-0.2, 0) is 11.2 Å². The quantitative estimate of drug-likeness (QED) is 0.474. The van der Waals surface area contributed by atoms with Crippen molar-refractivity contribution in [3.63, 3.8) is 0 Å². The van der Waals surface area contributed by atoms with Crippen molar-refractivity contribution < 1.29 is 14.5 Å². The Hall–Kier alpha value is -2.54. The normalized spacial score (nSPS) is 10.3. The number of hydrogen-bond donors (Lipinski definition) is 1. The van der Waals surface area contributed by atoms with Crippen molar-refractivity contribution in [2.75, 3.05) is 5.32 Å². The molecule has 23 heavy (non-hydrogen) atoms. The fraction of sp³-hybridized carbons (Fsp3) is 0.250. The minimum atomic E-state index is -0.463. The van der Waals surface area contributed by atoms with Crippen LogP contribution in [0.15, 0.2) is 35.7 Å². The average Bonchev–Trinajstić information content (AvgIpc) is 3.07. The number of nitro groups is 1. The van der Waals surface area contributed by atoms with E-state index in [2.05, 4.69) is 5.32 Å². The van der Waals surface area contributed by atoms with Crippen molar-refractivity contribution in [1.82, 2.24) is 0 Å². The molecule has 0 aliphatic heterocycles. The van der Waals surface area contributed by atoms with Crippen LogP contribution in [0.3, 0.4) is 0 Å². The Bertz CT molecular complexity index is 726. The molecule has 0 spiro atoms. The van der Waals surface area contributed by atoms with E-state index in [-0.39, 0.29) is 30.2 Å². The third kappa shape index (κ3) is 4.46. The zero-order valence-electron chi connectivity index (χ0n) is 12.6. The molecule has 1 amide bonds. The molecule has 0 unspecified atom stereocenters. The molecule has 1 aromatic carbocycles. The van der Waals surface area contributed by atoms with Crippen molar-refractivity contribution in [3.05, 3.63) is 56.3 Å². The summed E-state index contributed by atoms with van der Waals surface area (Å²) in [5.74, 6) is -0.420. The maximum atomic E-state index is 11.9. The van der Waals surface area contributed by atoms with Crippen molar-refractivity contribution in [3.8, 4) is 0 Å². The first-order chi connectivity index (χ1) is 11.0. The number of Topliss-reactive ketones (excluding diaryl/α,β-unsaturated/α-hetero) is 1. The number of amides is 1. The lowest BCUT2D eigenvalue weighted by Gasteiger charge is -2.06. The Kier molecular flexibility index (Phi) is 5.59. The lowest BCUT2D eigenvalue weighted by atomic mass is 10.1. The highest BCUT2D eigenvalue weighted by Crippen LogP contribution is 2.24. The van der Waals surface area contributed by atoms with E-state index in [0.717, 1.165) is 0 Å². The van der Waals surface area contributed by atoms with E-state index in [9.17, 15) is 19.7 Å². The number of hydrogen-bond acceptors (Lipinski definition) is 5. The third-order valence-electron chi connectivity index (χ3n) is 3.32. The third-order valence-corrected chi connectivity index (χ3v) is 4.23. The lowest BCUT2D eigenvalue weighted by Crippen LogP contribution is -2.13. The van der Waals surface area contributed by atoms with E-state index in [1.165, 1.54) is 17.4 Å². The number of thiophene rings is 1. The molecule has 2 rings (SSSR count). The number of carbonyl (C=O) groups excluding carboxylic acids is 2. The van der Waals surface area contributed by atoms with Gasteiger partial charge in [-0.25, -0.2) is 0 Å². The summed E-state index contributed by atoms with van der Waals surface area (Å²) in [6, 6.07) is 8.11. The molecule has 1 aromatic heterocycles. The molecule has 0 saturated heterocycles. The van der Waals surface area contributed by atoms with Gasteiger partial charge in [0.2, 0.25) is 5.91 Å². The predicted molar refractivity (Wildman–Crippen MR) is 89.0 cm³/mol. The number of rotatable bonds is 7. The average molecular weight is 332 g/mol. The Morgan fingerprint density at radius 1 is 1.26 bits per heavy atom. The van der Waals surface area contributed by atoms with Gasteiger partial charge in [0, 0.05) is 30.2 Å². The summed E-state index contributed by atoms with van der Waals surface area (Å²) in [6.45, 7) is 1.83. The van der Waals surface area contributed by atoms with Gasteiger partial charge >= 0.3 is 0 Å². The van der Waals surface area contributed by atoms with Crippen LogP contribution in [0.25, 0.3) is 0 Å². The number of ketones is 1. The fourth-order valence-corrected chi connectivity index (χ4v) is 2.82. The maximum absolute atomic E-state index is 11.9. The van der Waals surface area contributed by atoms with Crippen LogP contribution in [0.4, 0.5) is 11.4 Å². The molecule has 0 atom stereocenters. The molecule has 1 N–H and O–H groups in total. The van der Waals surface area contributed by atoms with Gasteiger partial charge in [-0.05, 0) is 23.9 Å². The van der Waals surface area contributed by atoms with Gasteiger partial charge in [-0.2, -0.15) is 0 Å². The molecular formula is C16H16N2O4S. The molecule has 0 saturated carbocycles. The Morgan fingerprint density at radius 2 is 2.04 bits per heavy atom. The summed E-state index contributed by atoms with van der Waals surface area (Å²) in [4.78, 5) is 34.9. The minimum Gasteiger partial charge on any atom is -0.326 e. The molecule has 2 aromatic rings. The summed E-state index contributed by atoms with van der Waals surface area (Å²) in [7, 11) is 0. The van der Waals surface area contributed by atoms with Gasteiger partial charge < -0.3 is 5.32 Å². The van der Waals surface area contributed by atoms with Crippen molar-refractivity contribution >= 4 is 34.4 Å². The molecule has 120 valence electrons. The largest absolute Gasteiger partial charge is 0.326 e. The van der Waals surface area contributed by atoms with Crippen molar-refractivity contribution in [2.24, 2.45) is 0 Å². The number of benzene rings is 1. The topological polar surface area (TPSA) is 89.3 Å². The second kappa shape index (κ2) is 7.64. The second-order valence-corrected chi connectivity index (χ2v) is 5.85. The summed E-state index contributed by atoms with van der Waals surface area (Å²) in [6.07, 6.45) is 0.696. The Balaban J connectivity index is 1.96. The van der Waals surface area contributed by atoms with Gasteiger partial charge in [0.1, 0.15) is 0 Å². The van der Waals surface area contributed by atoms with Gasteiger partial charge in [-0.15, -0.1) is 11.3 Å². The van der Waals surface area contributed by atoms with Crippen LogP contribution in [0, 0.1) is 10.1 Å². The molecule has 0 fully saturated rings. The van der Waals surface area contributed by atoms with Gasteiger partial charge in [0.05, 0.1) is 9.80 Å². The van der Waals surface area contributed by atoms with Crippen LogP contribution in [0.5, 0.6) is 0 Å². The van der Waals surface area contributed by atoms with Crippen LogP contribution in [0.2, 0.25) is 0 Å². The maximum Gasteiger partial charge on any atom is 0.274 e. The zero-order chi connectivity index (χ0) is 16.8. The smallest absolute Gasteiger partial charge is 0.274 e. The number of anilines is 1. The number of aryl methyl sites for hydroxylation is 1. The van der Waals surface area contributed by atoms with Gasteiger partial charge in [0.15, 0.2) is 5.78 Å².